The Labute approximate surface area is 97.5 Å². The lowest BCUT2D eigenvalue weighted by molar-refractivity contribution is -0.00149. The van der Waals surface area contributed by atoms with E-state index in [1.165, 1.54) is 0 Å². The number of hydrogen-bond acceptors (Lipinski definition) is 5. The van der Waals surface area contributed by atoms with Crippen LogP contribution in [0.3, 0.4) is 0 Å². The Bertz CT molecular complexity index is 181. The van der Waals surface area contributed by atoms with Gasteiger partial charge in [0.1, 0.15) is 0 Å². The maximum atomic E-state index is 8.59. The van der Waals surface area contributed by atoms with Crippen molar-refractivity contribution in [2.24, 2.45) is 5.73 Å². The van der Waals surface area contributed by atoms with Gasteiger partial charge in [0.25, 0.3) is 0 Å². The molecule has 2 unspecified atom stereocenters. The number of hydrogen-bond donors (Lipinski definition) is 2. The first-order valence-electron chi connectivity index (χ1n) is 5.97. The number of methoxy groups -OCH3 is 1. The van der Waals surface area contributed by atoms with Crippen molar-refractivity contribution >= 4 is 0 Å². The molecule has 0 aromatic heterocycles. The van der Waals surface area contributed by atoms with Gasteiger partial charge in [-0.1, -0.05) is 0 Å². The predicted octanol–water partition coefficient (Wildman–Crippen LogP) is -0.567. The van der Waals surface area contributed by atoms with Crippen LogP contribution in [0.4, 0.5) is 0 Å². The summed E-state index contributed by atoms with van der Waals surface area (Å²) in [6.07, 6.45) is 2.42. The standard InChI is InChI=1S/C11H24N2O3/c1-15-11-2-3-13(10(8-11)9-12)4-6-16-7-5-14/h10-11,14H,2-9,12H2,1H3. The van der Waals surface area contributed by atoms with Crippen molar-refractivity contribution in [2.75, 3.05) is 46.6 Å². The highest BCUT2D eigenvalue weighted by molar-refractivity contribution is 4.82. The van der Waals surface area contributed by atoms with Crippen LogP contribution in [0.5, 0.6) is 0 Å². The number of rotatable bonds is 7. The summed E-state index contributed by atoms with van der Waals surface area (Å²) in [6, 6.07) is 0.399. The normalized spacial score (nSPS) is 27.2. The van der Waals surface area contributed by atoms with E-state index in [1.54, 1.807) is 7.11 Å². The van der Waals surface area contributed by atoms with E-state index < -0.39 is 0 Å². The molecule has 1 heterocycles. The van der Waals surface area contributed by atoms with Crippen LogP contribution < -0.4 is 5.73 Å². The van der Waals surface area contributed by atoms with Gasteiger partial charge in [0, 0.05) is 32.8 Å². The second-order valence-electron chi connectivity index (χ2n) is 4.14. The minimum absolute atomic E-state index is 0.0894. The van der Waals surface area contributed by atoms with Crippen molar-refractivity contribution < 1.29 is 14.6 Å². The topological polar surface area (TPSA) is 68.0 Å². The third kappa shape index (κ3) is 4.35. The highest BCUT2D eigenvalue weighted by atomic mass is 16.5. The lowest BCUT2D eigenvalue weighted by atomic mass is 9.99. The van der Waals surface area contributed by atoms with Crippen molar-refractivity contribution in [3.8, 4) is 0 Å². The summed E-state index contributed by atoms with van der Waals surface area (Å²) in [5.41, 5.74) is 5.76. The second-order valence-corrected chi connectivity index (χ2v) is 4.14. The maximum Gasteiger partial charge on any atom is 0.0698 e. The van der Waals surface area contributed by atoms with Crippen molar-refractivity contribution in [3.05, 3.63) is 0 Å². The van der Waals surface area contributed by atoms with E-state index in [-0.39, 0.29) is 6.61 Å². The van der Waals surface area contributed by atoms with Gasteiger partial charge in [0.05, 0.1) is 25.9 Å². The van der Waals surface area contributed by atoms with Crippen LogP contribution in [0.25, 0.3) is 0 Å². The minimum atomic E-state index is 0.0894. The van der Waals surface area contributed by atoms with E-state index >= 15 is 0 Å². The summed E-state index contributed by atoms with van der Waals surface area (Å²) in [7, 11) is 1.76. The van der Waals surface area contributed by atoms with Crippen LogP contribution in [0.15, 0.2) is 0 Å². The Morgan fingerprint density at radius 3 is 2.88 bits per heavy atom. The molecule has 1 aliphatic heterocycles. The van der Waals surface area contributed by atoms with Crippen molar-refractivity contribution in [3.63, 3.8) is 0 Å². The molecule has 0 radical (unpaired) electrons. The number of nitrogens with zero attached hydrogens (tertiary/aromatic N) is 1. The number of aliphatic hydroxyl groups excluding tert-OH is 1. The average molecular weight is 232 g/mol. The molecule has 0 bridgehead atoms. The van der Waals surface area contributed by atoms with E-state index in [1.807, 2.05) is 0 Å². The molecule has 0 spiro atoms. The van der Waals surface area contributed by atoms with E-state index in [9.17, 15) is 0 Å². The average Bonchev–Trinajstić information content (AvgIpc) is 2.34. The van der Waals surface area contributed by atoms with Gasteiger partial charge in [-0.2, -0.15) is 0 Å². The van der Waals surface area contributed by atoms with Crippen LogP contribution in [0.1, 0.15) is 12.8 Å². The molecule has 1 rings (SSSR count). The summed E-state index contributed by atoms with van der Waals surface area (Å²) in [5.74, 6) is 0. The fraction of sp³-hybridized carbons (Fsp3) is 1.00. The zero-order valence-electron chi connectivity index (χ0n) is 10.1. The van der Waals surface area contributed by atoms with E-state index in [2.05, 4.69) is 4.90 Å². The first-order chi connectivity index (χ1) is 7.81. The van der Waals surface area contributed by atoms with Gasteiger partial charge in [-0.3, -0.25) is 4.90 Å². The van der Waals surface area contributed by atoms with Crippen molar-refractivity contribution in [1.82, 2.24) is 4.90 Å². The van der Waals surface area contributed by atoms with Gasteiger partial charge >= 0.3 is 0 Å². The molecular formula is C11H24N2O3. The number of piperidine rings is 1. The number of ether oxygens (including phenoxy) is 2. The molecule has 3 N–H and O–H groups in total. The van der Waals surface area contributed by atoms with Crippen LogP contribution in [0, 0.1) is 0 Å². The molecule has 5 heteroatoms. The molecule has 1 saturated heterocycles. The van der Waals surface area contributed by atoms with Crippen LogP contribution in [0.2, 0.25) is 0 Å². The zero-order valence-corrected chi connectivity index (χ0v) is 10.1. The zero-order chi connectivity index (χ0) is 11.8. The van der Waals surface area contributed by atoms with Gasteiger partial charge in [-0.15, -0.1) is 0 Å². The van der Waals surface area contributed by atoms with Crippen LogP contribution in [-0.4, -0.2) is 68.7 Å². The minimum Gasteiger partial charge on any atom is -0.394 e. The lowest BCUT2D eigenvalue weighted by Gasteiger charge is -2.38. The quantitative estimate of drug-likeness (QED) is 0.576. The number of nitrogens with two attached hydrogens (primary N) is 1. The fourth-order valence-electron chi connectivity index (χ4n) is 2.16. The number of likely N-dealkylation sites (tertiary alicyclic amines) is 1. The predicted molar refractivity (Wildman–Crippen MR) is 62.4 cm³/mol. The molecular weight excluding hydrogens is 208 g/mol. The third-order valence-corrected chi connectivity index (χ3v) is 3.15. The van der Waals surface area contributed by atoms with Gasteiger partial charge in [-0.25, -0.2) is 0 Å². The Balaban J connectivity index is 2.24. The second kappa shape index (κ2) is 7.97. The van der Waals surface area contributed by atoms with Crippen molar-refractivity contribution in [1.29, 1.82) is 0 Å². The fourth-order valence-corrected chi connectivity index (χ4v) is 2.16. The number of aliphatic hydroxyl groups is 1. The van der Waals surface area contributed by atoms with E-state index in [0.29, 0.717) is 31.9 Å². The Morgan fingerprint density at radius 1 is 1.44 bits per heavy atom. The lowest BCUT2D eigenvalue weighted by Crippen LogP contribution is -2.49. The molecule has 0 aliphatic carbocycles. The summed E-state index contributed by atoms with van der Waals surface area (Å²) < 4.78 is 10.6. The largest absolute Gasteiger partial charge is 0.394 e. The Hall–Kier alpha value is -0.200. The summed E-state index contributed by atoms with van der Waals surface area (Å²) in [6.45, 7) is 3.74. The molecule has 0 aromatic carbocycles. The highest BCUT2D eigenvalue weighted by Crippen LogP contribution is 2.18. The summed E-state index contributed by atoms with van der Waals surface area (Å²) in [4.78, 5) is 2.35. The van der Waals surface area contributed by atoms with Gasteiger partial charge < -0.3 is 20.3 Å². The van der Waals surface area contributed by atoms with Crippen LogP contribution >= 0.6 is 0 Å². The maximum absolute atomic E-state index is 8.59. The third-order valence-electron chi connectivity index (χ3n) is 3.15. The van der Waals surface area contributed by atoms with E-state index in [0.717, 1.165) is 25.9 Å². The molecule has 0 saturated carbocycles. The van der Waals surface area contributed by atoms with Crippen LogP contribution in [-0.2, 0) is 9.47 Å². The van der Waals surface area contributed by atoms with Gasteiger partial charge in [0.15, 0.2) is 0 Å². The van der Waals surface area contributed by atoms with Gasteiger partial charge in [0.2, 0.25) is 0 Å². The summed E-state index contributed by atoms with van der Waals surface area (Å²) in [5, 5.41) is 8.59. The van der Waals surface area contributed by atoms with Crippen molar-refractivity contribution in [2.45, 2.75) is 25.0 Å². The summed E-state index contributed by atoms with van der Waals surface area (Å²) >= 11 is 0. The molecule has 96 valence electrons. The molecule has 16 heavy (non-hydrogen) atoms. The molecule has 0 amide bonds. The Morgan fingerprint density at radius 2 is 2.25 bits per heavy atom. The molecule has 5 nitrogen and oxygen atoms in total. The van der Waals surface area contributed by atoms with Gasteiger partial charge in [-0.05, 0) is 12.8 Å². The Kier molecular flexibility index (Phi) is 6.91. The molecule has 1 aliphatic rings. The van der Waals surface area contributed by atoms with E-state index in [4.69, 9.17) is 20.3 Å². The highest BCUT2D eigenvalue weighted by Gasteiger charge is 2.26. The first-order valence-corrected chi connectivity index (χ1v) is 5.97. The monoisotopic (exact) mass is 232 g/mol. The smallest absolute Gasteiger partial charge is 0.0698 e. The molecule has 0 aromatic rings. The molecule has 2 atom stereocenters. The molecule has 1 fully saturated rings. The first kappa shape index (κ1) is 13.9. The SMILES string of the molecule is COC1CCN(CCOCCO)C(CN)C1.